The van der Waals surface area contributed by atoms with Gasteiger partial charge in [0, 0.05) is 12.6 Å². The summed E-state index contributed by atoms with van der Waals surface area (Å²) in [4.78, 5) is 13.9. The minimum absolute atomic E-state index is 0.00881. The van der Waals surface area contributed by atoms with Gasteiger partial charge in [-0.1, -0.05) is 0 Å². The van der Waals surface area contributed by atoms with Crippen molar-refractivity contribution in [3.63, 3.8) is 0 Å². The molecule has 1 saturated heterocycles. The third kappa shape index (κ3) is 7.34. The Balaban J connectivity index is 1.60. The van der Waals surface area contributed by atoms with Crippen LogP contribution in [0.15, 0.2) is 12.1 Å². The molecule has 6 nitrogen and oxygen atoms in total. The van der Waals surface area contributed by atoms with Crippen LogP contribution in [0, 0.1) is 11.7 Å². The Morgan fingerprint density at radius 3 is 2.39 bits per heavy atom. The lowest BCUT2D eigenvalue weighted by Crippen LogP contribution is -2.37. The Hall–Kier alpha value is -1.88. The van der Waals surface area contributed by atoms with Crippen LogP contribution in [0.4, 0.5) is 17.6 Å². The van der Waals surface area contributed by atoms with E-state index in [0.717, 1.165) is 25.2 Å². The Morgan fingerprint density at radius 1 is 1.19 bits per heavy atom. The van der Waals surface area contributed by atoms with Gasteiger partial charge in [-0.05, 0) is 62.2 Å². The molecule has 0 spiro atoms. The maximum atomic E-state index is 14.5. The summed E-state index contributed by atoms with van der Waals surface area (Å²) in [6.45, 7) is 1.41. The highest BCUT2D eigenvalue weighted by Crippen LogP contribution is 2.45. The van der Waals surface area contributed by atoms with Crippen molar-refractivity contribution in [3.05, 3.63) is 29.1 Å². The minimum Gasteiger partial charge on any atom is -0.493 e. The van der Waals surface area contributed by atoms with E-state index in [-0.39, 0.29) is 23.9 Å². The Labute approximate surface area is 179 Å². The third-order valence-electron chi connectivity index (χ3n) is 5.53. The van der Waals surface area contributed by atoms with Gasteiger partial charge in [-0.15, -0.1) is 0 Å². The first-order valence-electron chi connectivity index (χ1n) is 10.2. The molecule has 0 aromatic heterocycles. The standard InChI is InChI=1S/C20H26F4N2O4S/c1-31(28,29)25-19(27)16-10-15(14-2-3-14)18(11-17(16)21)30-12-13-4-7-26(8-5-13)9-6-20(22,23)24/h10-11,13-14H,2-9,12H2,1H3,(H,25,27). The number of likely N-dealkylation sites (tertiary alicyclic amines) is 1. The van der Waals surface area contributed by atoms with E-state index < -0.39 is 34.3 Å². The first kappa shape index (κ1) is 23.8. The molecule has 31 heavy (non-hydrogen) atoms. The topological polar surface area (TPSA) is 75.7 Å². The molecule has 0 unspecified atom stereocenters. The smallest absolute Gasteiger partial charge is 0.390 e. The summed E-state index contributed by atoms with van der Waals surface area (Å²) < 4.78 is 81.8. The lowest BCUT2D eigenvalue weighted by atomic mass is 9.97. The van der Waals surface area contributed by atoms with E-state index in [9.17, 15) is 30.8 Å². The van der Waals surface area contributed by atoms with Crippen LogP contribution in [0.1, 0.15) is 53.9 Å². The van der Waals surface area contributed by atoms with Crippen molar-refractivity contribution in [1.29, 1.82) is 0 Å². The molecule has 2 fully saturated rings. The van der Waals surface area contributed by atoms with Crippen LogP contribution in [0.25, 0.3) is 0 Å². The Bertz CT molecular complexity index is 908. The van der Waals surface area contributed by atoms with Crippen LogP contribution in [0.2, 0.25) is 0 Å². The highest BCUT2D eigenvalue weighted by Gasteiger charge is 2.31. The summed E-state index contributed by atoms with van der Waals surface area (Å²) >= 11 is 0. The van der Waals surface area contributed by atoms with E-state index in [0.29, 0.717) is 43.9 Å². The molecule has 174 valence electrons. The maximum Gasteiger partial charge on any atom is 0.390 e. The van der Waals surface area contributed by atoms with Crippen LogP contribution in [0.3, 0.4) is 0 Å². The van der Waals surface area contributed by atoms with Gasteiger partial charge in [0.1, 0.15) is 11.6 Å². The fourth-order valence-corrected chi connectivity index (χ4v) is 4.12. The van der Waals surface area contributed by atoms with Gasteiger partial charge in [-0.3, -0.25) is 4.79 Å². The molecule has 2 aliphatic rings. The van der Waals surface area contributed by atoms with Crippen LogP contribution >= 0.6 is 0 Å². The minimum atomic E-state index is -4.16. The molecular formula is C20H26F4N2O4S. The van der Waals surface area contributed by atoms with E-state index in [1.165, 1.54) is 6.07 Å². The number of nitrogens with zero attached hydrogens (tertiary/aromatic N) is 1. The van der Waals surface area contributed by atoms with Crippen molar-refractivity contribution < 1.29 is 35.5 Å². The number of carbonyl (C=O) groups is 1. The van der Waals surface area contributed by atoms with E-state index in [4.69, 9.17) is 4.74 Å². The fourth-order valence-electron chi connectivity index (χ4n) is 3.68. The number of amides is 1. The zero-order valence-corrected chi connectivity index (χ0v) is 18.0. The first-order valence-corrected chi connectivity index (χ1v) is 12.1. The summed E-state index contributed by atoms with van der Waals surface area (Å²) in [6.07, 6.45) is -1.05. The van der Waals surface area contributed by atoms with Gasteiger partial charge in [0.15, 0.2) is 0 Å². The molecule has 0 atom stereocenters. The largest absolute Gasteiger partial charge is 0.493 e. The summed E-state index contributed by atoms with van der Waals surface area (Å²) in [5.41, 5.74) is 0.320. The molecule has 1 aliphatic carbocycles. The monoisotopic (exact) mass is 466 g/mol. The zero-order valence-electron chi connectivity index (χ0n) is 17.2. The normalized spacial score (nSPS) is 18.7. The molecule has 1 N–H and O–H groups in total. The lowest BCUT2D eigenvalue weighted by Gasteiger charge is -2.32. The molecule has 1 aromatic carbocycles. The van der Waals surface area contributed by atoms with E-state index in [1.807, 2.05) is 0 Å². The molecule has 1 aliphatic heterocycles. The molecule has 1 aromatic rings. The van der Waals surface area contributed by atoms with Crippen LogP contribution in [-0.2, 0) is 10.0 Å². The van der Waals surface area contributed by atoms with Crippen molar-refractivity contribution in [3.8, 4) is 5.75 Å². The number of halogens is 4. The SMILES string of the molecule is CS(=O)(=O)NC(=O)c1cc(C2CC2)c(OCC2CCN(CCC(F)(F)F)CC2)cc1F. The number of benzene rings is 1. The third-order valence-corrected chi connectivity index (χ3v) is 6.09. The summed E-state index contributed by atoms with van der Waals surface area (Å²) in [7, 11) is -3.82. The molecule has 1 saturated carbocycles. The number of hydrogen-bond donors (Lipinski definition) is 1. The summed E-state index contributed by atoms with van der Waals surface area (Å²) in [6, 6.07) is 2.46. The summed E-state index contributed by atoms with van der Waals surface area (Å²) in [5.74, 6) is -1.30. The van der Waals surface area contributed by atoms with Gasteiger partial charge in [-0.25, -0.2) is 17.5 Å². The highest BCUT2D eigenvalue weighted by molar-refractivity contribution is 7.89. The van der Waals surface area contributed by atoms with Crippen molar-refractivity contribution >= 4 is 15.9 Å². The average molecular weight is 466 g/mol. The quantitative estimate of drug-likeness (QED) is 0.594. The Morgan fingerprint density at radius 2 is 1.84 bits per heavy atom. The molecule has 1 heterocycles. The number of hydrogen-bond acceptors (Lipinski definition) is 5. The van der Waals surface area contributed by atoms with Gasteiger partial charge in [0.25, 0.3) is 5.91 Å². The fraction of sp³-hybridized carbons (Fsp3) is 0.650. The first-order chi connectivity index (χ1) is 14.4. The van der Waals surface area contributed by atoms with Gasteiger partial charge in [-0.2, -0.15) is 13.2 Å². The van der Waals surface area contributed by atoms with E-state index >= 15 is 0 Å². The maximum absolute atomic E-state index is 14.5. The number of carbonyl (C=O) groups excluding carboxylic acids is 1. The van der Waals surface area contributed by atoms with Crippen LogP contribution in [-0.4, -0.2) is 57.9 Å². The predicted molar refractivity (Wildman–Crippen MR) is 106 cm³/mol. The van der Waals surface area contributed by atoms with E-state index in [1.54, 1.807) is 9.62 Å². The van der Waals surface area contributed by atoms with E-state index in [2.05, 4.69) is 0 Å². The van der Waals surface area contributed by atoms with Crippen molar-refractivity contribution in [1.82, 2.24) is 9.62 Å². The number of sulfonamides is 1. The van der Waals surface area contributed by atoms with Crippen molar-refractivity contribution in [2.75, 3.05) is 32.5 Å². The van der Waals surface area contributed by atoms with Crippen molar-refractivity contribution in [2.45, 2.75) is 44.2 Å². The molecule has 3 rings (SSSR count). The van der Waals surface area contributed by atoms with Crippen molar-refractivity contribution in [2.24, 2.45) is 5.92 Å². The summed E-state index contributed by atoms with van der Waals surface area (Å²) in [5, 5.41) is 0. The molecular weight excluding hydrogens is 440 g/mol. The lowest BCUT2D eigenvalue weighted by molar-refractivity contribution is -0.138. The second kappa shape index (κ2) is 9.32. The van der Waals surface area contributed by atoms with Crippen LogP contribution < -0.4 is 9.46 Å². The molecule has 1 amide bonds. The average Bonchev–Trinajstić information content (AvgIpc) is 3.48. The Kier molecular flexibility index (Phi) is 7.14. The van der Waals surface area contributed by atoms with Gasteiger partial charge in [0.05, 0.1) is 24.8 Å². The van der Waals surface area contributed by atoms with Gasteiger partial charge < -0.3 is 9.64 Å². The number of ether oxygens (including phenoxy) is 1. The van der Waals surface area contributed by atoms with Crippen LogP contribution in [0.5, 0.6) is 5.75 Å². The number of rotatable bonds is 8. The number of alkyl halides is 3. The molecule has 11 heteroatoms. The second-order valence-corrected chi connectivity index (χ2v) is 10.1. The zero-order chi connectivity index (χ0) is 22.8. The van der Waals surface area contributed by atoms with Gasteiger partial charge in [0.2, 0.25) is 10.0 Å². The number of nitrogens with one attached hydrogen (secondary N) is 1. The number of piperidine rings is 1. The molecule has 0 radical (unpaired) electrons. The van der Waals surface area contributed by atoms with Gasteiger partial charge >= 0.3 is 6.18 Å². The molecule has 0 bridgehead atoms. The highest BCUT2D eigenvalue weighted by atomic mass is 32.2. The predicted octanol–water partition coefficient (Wildman–Crippen LogP) is 3.44. The second-order valence-electron chi connectivity index (χ2n) is 8.31.